The molecule has 3 unspecified atom stereocenters. The van der Waals surface area contributed by atoms with Gasteiger partial charge in [0.25, 0.3) is 0 Å². The maximum absolute atomic E-state index is 2.53. The lowest BCUT2D eigenvalue weighted by Crippen LogP contribution is -2.24. The largest absolute Gasteiger partial charge is 0.0741 e. The van der Waals surface area contributed by atoms with Crippen LogP contribution in [0, 0.1) is 17.8 Å². The number of allylic oxidation sites excluding steroid dienone is 4. The Kier molecular flexibility index (Phi) is 3.33. The van der Waals surface area contributed by atoms with Gasteiger partial charge in [-0.25, -0.2) is 0 Å². The Morgan fingerprint density at radius 1 is 1.13 bits per heavy atom. The van der Waals surface area contributed by atoms with E-state index in [-0.39, 0.29) is 0 Å². The van der Waals surface area contributed by atoms with Crippen LogP contribution in [0.5, 0.6) is 0 Å². The quantitative estimate of drug-likeness (QED) is 0.623. The molecule has 0 spiro atoms. The van der Waals surface area contributed by atoms with Crippen LogP contribution in [0.15, 0.2) is 23.3 Å². The van der Waals surface area contributed by atoms with Crippen molar-refractivity contribution >= 4 is 0 Å². The maximum Gasteiger partial charge on any atom is -0.00114 e. The van der Waals surface area contributed by atoms with Crippen molar-refractivity contribution in [2.45, 2.75) is 52.9 Å². The van der Waals surface area contributed by atoms with Crippen LogP contribution < -0.4 is 0 Å². The Morgan fingerprint density at radius 2 is 1.87 bits per heavy atom. The van der Waals surface area contributed by atoms with E-state index in [1.54, 1.807) is 11.1 Å². The van der Waals surface area contributed by atoms with E-state index in [2.05, 4.69) is 32.9 Å². The highest BCUT2D eigenvalue weighted by molar-refractivity contribution is 5.37. The average Bonchev–Trinajstić information content (AvgIpc) is 2.68. The molecule has 0 heteroatoms. The summed E-state index contributed by atoms with van der Waals surface area (Å²) in [5.41, 5.74) is 3.32. The van der Waals surface area contributed by atoms with Crippen LogP contribution in [-0.4, -0.2) is 0 Å². The van der Waals surface area contributed by atoms with E-state index in [0.717, 1.165) is 17.8 Å². The zero-order valence-corrected chi connectivity index (χ0v) is 10.4. The van der Waals surface area contributed by atoms with E-state index >= 15 is 0 Å². The van der Waals surface area contributed by atoms with Crippen molar-refractivity contribution in [2.75, 3.05) is 0 Å². The fourth-order valence-electron chi connectivity index (χ4n) is 3.37. The van der Waals surface area contributed by atoms with Crippen LogP contribution in [0.4, 0.5) is 0 Å². The monoisotopic (exact) mass is 204 g/mol. The highest BCUT2D eigenvalue weighted by Gasteiger charge is 2.32. The van der Waals surface area contributed by atoms with Crippen molar-refractivity contribution < 1.29 is 0 Å². The summed E-state index contributed by atoms with van der Waals surface area (Å²) in [5, 5.41) is 0. The van der Waals surface area contributed by atoms with Gasteiger partial charge in [-0.05, 0) is 37.0 Å². The molecule has 0 aliphatic heterocycles. The molecule has 2 rings (SSSR count). The summed E-state index contributed by atoms with van der Waals surface area (Å²) in [5.74, 6) is 2.75. The van der Waals surface area contributed by atoms with Crippen LogP contribution in [0.3, 0.4) is 0 Å². The number of rotatable bonds is 3. The Balaban J connectivity index is 2.11. The molecule has 0 bridgehead atoms. The van der Waals surface area contributed by atoms with Gasteiger partial charge in [-0.1, -0.05) is 56.9 Å². The van der Waals surface area contributed by atoms with Crippen molar-refractivity contribution in [2.24, 2.45) is 17.8 Å². The summed E-state index contributed by atoms with van der Waals surface area (Å²) in [6.45, 7) is 6.99. The third kappa shape index (κ3) is 2.04. The molecule has 0 heterocycles. The minimum atomic E-state index is 0.813. The van der Waals surface area contributed by atoms with Crippen molar-refractivity contribution in [3.8, 4) is 0 Å². The molecule has 0 N–H and O–H groups in total. The molecule has 1 fully saturated rings. The molecular weight excluding hydrogens is 180 g/mol. The number of hydrogen-bond donors (Lipinski definition) is 0. The Morgan fingerprint density at radius 3 is 2.47 bits per heavy atom. The van der Waals surface area contributed by atoms with E-state index in [1.807, 2.05) is 0 Å². The zero-order chi connectivity index (χ0) is 10.8. The first kappa shape index (κ1) is 11.0. The van der Waals surface area contributed by atoms with Crippen molar-refractivity contribution in [1.82, 2.24) is 0 Å². The van der Waals surface area contributed by atoms with Crippen LogP contribution >= 0.6 is 0 Å². The SMILES string of the molecule is CCC1=CC2CC(CC)C(CC)CC2=C1. The number of hydrogen-bond acceptors (Lipinski definition) is 0. The summed E-state index contributed by atoms with van der Waals surface area (Å²) in [6.07, 6.45) is 11.8. The fraction of sp³-hybridized carbons (Fsp3) is 0.733. The Labute approximate surface area is 94.5 Å². The molecule has 0 aromatic carbocycles. The summed E-state index contributed by atoms with van der Waals surface area (Å²) < 4.78 is 0. The van der Waals surface area contributed by atoms with E-state index in [1.165, 1.54) is 32.1 Å². The van der Waals surface area contributed by atoms with Crippen molar-refractivity contribution in [3.63, 3.8) is 0 Å². The Bertz CT molecular complexity index is 282. The molecule has 0 amide bonds. The molecule has 0 nitrogen and oxygen atoms in total. The molecule has 84 valence electrons. The molecule has 0 radical (unpaired) electrons. The van der Waals surface area contributed by atoms with Crippen molar-refractivity contribution in [1.29, 1.82) is 0 Å². The topological polar surface area (TPSA) is 0 Å². The highest BCUT2D eigenvalue weighted by atomic mass is 14.4. The summed E-state index contributed by atoms with van der Waals surface area (Å²) in [7, 11) is 0. The maximum atomic E-state index is 2.53. The van der Waals surface area contributed by atoms with Gasteiger partial charge in [0, 0.05) is 0 Å². The number of fused-ring (bicyclic) bond motifs is 1. The van der Waals surface area contributed by atoms with Crippen LogP contribution in [0.25, 0.3) is 0 Å². The molecule has 3 atom stereocenters. The lowest BCUT2D eigenvalue weighted by atomic mass is 9.70. The van der Waals surface area contributed by atoms with Crippen LogP contribution in [-0.2, 0) is 0 Å². The van der Waals surface area contributed by atoms with Crippen molar-refractivity contribution in [3.05, 3.63) is 23.3 Å². The van der Waals surface area contributed by atoms with E-state index in [9.17, 15) is 0 Å². The van der Waals surface area contributed by atoms with Gasteiger partial charge in [-0.2, -0.15) is 0 Å². The first-order valence-corrected chi connectivity index (χ1v) is 6.69. The molecule has 0 aromatic heterocycles. The first-order chi connectivity index (χ1) is 7.28. The summed E-state index contributed by atoms with van der Waals surface area (Å²) in [6, 6.07) is 0. The standard InChI is InChI=1S/C15H24/c1-4-11-7-14-9-12(5-2)13(6-3)10-15(14)8-11/h7-8,12-14H,4-6,9-10H2,1-3H3. The third-order valence-corrected chi connectivity index (χ3v) is 4.44. The van der Waals surface area contributed by atoms with Gasteiger partial charge in [0.2, 0.25) is 0 Å². The van der Waals surface area contributed by atoms with Gasteiger partial charge < -0.3 is 0 Å². The van der Waals surface area contributed by atoms with Gasteiger partial charge in [0.1, 0.15) is 0 Å². The van der Waals surface area contributed by atoms with E-state index in [4.69, 9.17) is 0 Å². The average molecular weight is 204 g/mol. The fourth-order valence-corrected chi connectivity index (χ4v) is 3.37. The molecule has 1 saturated carbocycles. The highest BCUT2D eigenvalue weighted by Crippen LogP contribution is 2.44. The van der Waals surface area contributed by atoms with Gasteiger partial charge in [-0.3, -0.25) is 0 Å². The van der Waals surface area contributed by atoms with Gasteiger partial charge in [0.15, 0.2) is 0 Å². The molecule has 15 heavy (non-hydrogen) atoms. The van der Waals surface area contributed by atoms with E-state index < -0.39 is 0 Å². The second-order valence-electron chi connectivity index (χ2n) is 5.20. The summed E-state index contributed by atoms with van der Waals surface area (Å²) in [4.78, 5) is 0. The predicted octanol–water partition coefficient (Wildman–Crippen LogP) is 4.73. The third-order valence-electron chi connectivity index (χ3n) is 4.44. The van der Waals surface area contributed by atoms with Crippen LogP contribution in [0.1, 0.15) is 52.9 Å². The molecule has 2 aliphatic carbocycles. The minimum Gasteiger partial charge on any atom is -0.0741 e. The molecular formula is C15H24. The molecule has 0 saturated heterocycles. The van der Waals surface area contributed by atoms with Gasteiger partial charge >= 0.3 is 0 Å². The first-order valence-electron chi connectivity index (χ1n) is 6.69. The lowest BCUT2D eigenvalue weighted by Gasteiger charge is -2.35. The smallest absolute Gasteiger partial charge is 0.00114 e. The second-order valence-corrected chi connectivity index (χ2v) is 5.20. The second kappa shape index (κ2) is 4.55. The van der Waals surface area contributed by atoms with Gasteiger partial charge in [0.05, 0.1) is 0 Å². The summed E-state index contributed by atoms with van der Waals surface area (Å²) >= 11 is 0. The zero-order valence-electron chi connectivity index (χ0n) is 10.4. The normalized spacial score (nSPS) is 34.7. The van der Waals surface area contributed by atoms with E-state index in [0.29, 0.717) is 0 Å². The minimum absolute atomic E-state index is 0.813. The Hall–Kier alpha value is -0.520. The molecule has 0 aromatic rings. The van der Waals surface area contributed by atoms with Crippen LogP contribution in [0.2, 0.25) is 0 Å². The molecule has 2 aliphatic rings. The predicted molar refractivity (Wildman–Crippen MR) is 66.7 cm³/mol. The van der Waals surface area contributed by atoms with Gasteiger partial charge in [-0.15, -0.1) is 0 Å². The lowest BCUT2D eigenvalue weighted by molar-refractivity contribution is 0.238.